The maximum atomic E-state index is 10.3. The Labute approximate surface area is 258 Å². The molecule has 11 heteroatoms. The molecule has 0 aliphatic heterocycles. The Kier molecular flexibility index (Phi) is 22.1. The van der Waals surface area contributed by atoms with Crippen molar-refractivity contribution in [1.82, 2.24) is 0 Å². The van der Waals surface area contributed by atoms with Crippen LogP contribution < -0.4 is 11.5 Å². The number of isocyanates is 2. The van der Waals surface area contributed by atoms with Crippen LogP contribution in [-0.4, -0.2) is 76.6 Å². The average Bonchev–Trinajstić information content (AvgIpc) is 2.92. The molecule has 0 spiro atoms. The fourth-order valence-electron chi connectivity index (χ4n) is 6.98. The molecular formula is C32H60N4O7. The van der Waals surface area contributed by atoms with Gasteiger partial charge in [-0.05, 0) is 113 Å². The fourth-order valence-corrected chi connectivity index (χ4v) is 6.98. The first-order chi connectivity index (χ1) is 20.3. The van der Waals surface area contributed by atoms with Crippen LogP contribution in [0.25, 0.3) is 0 Å². The standard InChI is InChI=1S/C13H26N2.C12H18N2O2.C6H14O2.CH2O3/c14-12-5-1-10(2-6-12)9-11-3-7-13(15)8-4-11;1-11(2)4-10(14-9-16)5-12(3,6-11)7-13-8-15;7-5-3-1-2-4-6-8;2-1(3)4/h10-13H,1-9,14-15H2;10H,4-7H2,1-3H3;7-8H,1-6H2;(H2,2,3,4). The van der Waals surface area contributed by atoms with Crippen LogP contribution in [-0.2, 0) is 9.59 Å². The number of carbonyl (C=O) groups excluding carboxylic acids is 2. The topological polar surface area (TPSA) is 209 Å². The van der Waals surface area contributed by atoms with Crippen LogP contribution in [0.1, 0.15) is 124 Å². The zero-order chi connectivity index (χ0) is 32.7. The molecule has 250 valence electrons. The quantitative estimate of drug-likeness (QED) is 0.106. The lowest BCUT2D eigenvalue weighted by Gasteiger charge is -2.44. The van der Waals surface area contributed by atoms with E-state index in [2.05, 4.69) is 30.8 Å². The van der Waals surface area contributed by atoms with Gasteiger partial charge in [0.25, 0.3) is 0 Å². The molecule has 0 amide bonds. The molecule has 3 aliphatic rings. The van der Waals surface area contributed by atoms with Crippen LogP contribution >= 0.6 is 0 Å². The average molecular weight is 613 g/mol. The van der Waals surface area contributed by atoms with Gasteiger partial charge >= 0.3 is 6.16 Å². The van der Waals surface area contributed by atoms with Gasteiger partial charge in [-0.25, -0.2) is 24.4 Å². The number of aliphatic imine (C=N–C) groups is 2. The van der Waals surface area contributed by atoms with Crippen LogP contribution in [0, 0.1) is 22.7 Å². The van der Waals surface area contributed by atoms with Gasteiger partial charge in [0.05, 0.1) is 12.6 Å². The van der Waals surface area contributed by atoms with Gasteiger partial charge in [0.2, 0.25) is 12.2 Å². The second kappa shape index (κ2) is 23.3. The zero-order valence-electron chi connectivity index (χ0n) is 26.9. The van der Waals surface area contributed by atoms with E-state index in [0.717, 1.165) is 56.8 Å². The first-order valence-electron chi connectivity index (χ1n) is 16.0. The number of aliphatic hydroxyl groups excluding tert-OH is 2. The van der Waals surface area contributed by atoms with E-state index in [1.165, 1.54) is 57.8 Å². The molecular weight excluding hydrogens is 552 g/mol. The number of carboxylic acid groups (broad SMARTS) is 2. The van der Waals surface area contributed by atoms with Crippen molar-refractivity contribution in [2.24, 2.45) is 44.1 Å². The maximum absolute atomic E-state index is 10.3. The summed E-state index contributed by atoms with van der Waals surface area (Å²) in [5.41, 5.74) is 11.9. The molecule has 0 saturated heterocycles. The number of carbonyl (C=O) groups is 1. The molecule has 3 saturated carbocycles. The predicted octanol–water partition coefficient (Wildman–Crippen LogP) is 5.41. The summed E-state index contributed by atoms with van der Waals surface area (Å²) in [6.45, 7) is 7.43. The van der Waals surface area contributed by atoms with Crippen LogP contribution in [0.5, 0.6) is 0 Å². The number of aliphatic hydroxyl groups is 2. The van der Waals surface area contributed by atoms with Crippen molar-refractivity contribution in [2.45, 2.75) is 142 Å². The highest BCUT2D eigenvalue weighted by Crippen LogP contribution is 2.47. The van der Waals surface area contributed by atoms with Crippen LogP contribution in [0.2, 0.25) is 0 Å². The zero-order valence-corrected chi connectivity index (χ0v) is 26.9. The molecule has 0 aromatic carbocycles. The van der Waals surface area contributed by atoms with Crippen molar-refractivity contribution in [3.05, 3.63) is 0 Å². The molecule has 2 unspecified atom stereocenters. The predicted molar refractivity (Wildman–Crippen MR) is 168 cm³/mol. The molecule has 11 nitrogen and oxygen atoms in total. The number of rotatable bonds is 10. The maximum Gasteiger partial charge on any atom is 0.503 e. The molecule has 2 atom stereocenters. The summed E-state index contributed by atoms with van der Waals surface area (Å²) in [5, 5.41) is 30.6. The Hall–Kier alpha value is -2.13. The summed E-state index contributed by atoms with van der Waals surface area (Å²) < 4.78 is 0. The minimum absolute atomic E-state index is 0.00750. The Balaban J connectivity index is 0.000000605. The number of hydrogen-bond acceptors (Lipinski definition) is 9. The smallest absolute Gasteiger partial charge is 0.450 e. The lowest BCUT2D eigenvalue weighted by atomic mass is 9.63. The SMILES string of the molecule is CC1(C)CC(N=C=O)CC(C)(CN=C=O)C1.NC1CCC(CC2CCC(N)CC2)CC1.O=C(O)O.OCCCCCCO. The molecule has 0 aromatic rings. The third-order valence-corrected chi connectivity index (χ3v) is 8.70. The lowest BCUT2D eigenvalue weighted by molar-refractivity contribution is 0.0915. The van der Waals surface area contributed by atoms with E-state index in [-0.39, 0.29) is 30.1 Å². The van der Waals surface area contributed by atoms with Crippen LogP contribution in [0.4, 0.5) is 4.79 Å². The number of nitrogens with zero attached hydrogens (tertiary/aromatic N) is 2. The Bertz CT molecular complexity index is 800. The monoisotopic (exact) mass is 612 g/mol. The molecule has 0 radical (unpaired) electrons. The van der Waals surface area contributed by atoms with Gasteiger partial charge in [-0.2, -0.15) is 0 Å². The Morgan fingerprint density at radius 3 is 1.58 bits per heavy atom. The second-order valence-electron chi connectivity index (χ2n) is 13.8. The van der Waals surface area contributed by atoms with Crippen molar-refractivity contribution in [2.75, 3.05) is 19.8 Å². The summed E-state index contributed by atoms with van der Waals surface area (Å²) in [6, 6.07) is 1.01. The number of nitrogens with two attached hydrogens (primary N) is 2. The van der Waals surface area contributed by atoms with E-state index in [4.69, 9.17) is 36.7 Å². The molecule has 0 bridgehead atoms. The van der Waals surface area contributed by atoms with Gasteiger partial charge in [-0.15, -0.1) is 0 Å². The highest BCUT2D eigenvalue weighted by atomic mass is 16.6. The van der Waals surface area contributed by atoms with Gasteiger partial charge in [0.15, 0.2) is 0 Å². The van der Waals surface area contributed by atoms with E-state index >= 15 is 0 Å². The van der Waals surface area contributed by atoms with Gasteiger partial charge < -0.3 is 31.9 Å². The third-order valence-electron chi connectivity index (χ3n) is 8.70. The first-order valence-corrected chi connectivity index (χ1v) is 16.0. The summed E-state index contributed by atoms with van der Waals surface area (Å²) in [7, 11) is 0. The molecule has 0 aromatic heterocycles. The van der Waals surface area contributed by atoms with E-state index in [1.54, 1.807) is 12.2 Å². The molecule has 3 aliphatic carbocycles. The largest absolute Gasteiger partial charge is 0.503 e. The van der Waals surface area contributed by atoms with Crippen molar-refractivity contribution in [3.63, 3.8) is 0 Å². The molecule has 3 rings (SSSR count). The van der Waals surface area contributed by atoms with E-state index in [1.807, 2.05) is 0 Å². The molecule has 8 N–H and O–H groups in total. The van der Waals surface area contributed by atoms with Gasteiger partial charge in [-0.3, -0.25) is 0 Å². The fraction of sp³-hybridized carbons (Fsp3) is 0.906. The summed E-state index contributed by atoms with van der Waals surface area (Å²) in [5.74, 6) is 1.95. The van der Waals surface area contributed by atoms with Crippen molar-refractivity contribution < 1.29 is 34.8 Å². The van der Waals surface area contributed by atoms with Gasteiger partial charge in [-0.1, -0.05) is 33.6 Å². The highest BCUT2D eigenvalue weighted by Gasteiger charge is 2.41. The van der Waals surface area contributed by atoms with Crippen molar-refractivity contribution in [1.29, 1.82) is 0 Å². The molecule has 3 fully saturated rings. The second-order valence-corrected chi connectivity index (χ2v) is 13.8. The van der Waals surface area contributed by atoms with E-state index < -0.39 is 6.16 Å². The number of unbranched alkanes of at least 4 members (excludes halogenated alkanes) is 3. The lowest BCUT2D eigenvalue weighted by Crippen LogP contribution is -2.39. The number of hydrogen-bond donors (Lipinski definition) is 6. The summed E-state index contributed by atoms with van der Waals surface area (Å²) in [6.07, 6.45) is 19.9. The normalized spacial score (nSPS) is 29.3. The molecule has 0 heterocycles. The van der Waals surface area contributed by atoms with Crippen molar-refractivity contribution in [3.8, 4) is 0 Å². The highest BCUT2D eigenvalue weighted by molar-refractivity contribution is 5.53. The molecule has 43 heavy (non-hydrogen) atoms. The van der Waals surface area contributed by atoms with Gasteiger partial charge in [0, 0.05) is 25.3 Å². The van der Waals surface area contributed by atoms with Gasteiger partial charge in [0.1, 0.15) is 0 Å². The Morgan fingerprint density at radius 1 is 0.767 bits per heavy atom. The van der Waals surface area contributed by atoms with Crippen molar-refractivity contribution >= 4 is 18.3 Å². The summed E-state index contributed by atoms with van der Waals surface area (Å²) in [4.78, 5) is 36.6. The minimum Gasteiger partial charge on any atom is -0.450 e. The van der Waals surface area contributed by atoms with Crippen LogP contribution in [0.3, 0.4) is 0 Å². The minimum atomic E-state index is -1.83. The van der Waals surface area contributed by atoms with Crippen LogP contribution in [0.15, 0.2) is 9.98 Å². The van der Waals surface area contributed by atoms with E-state index in [0.29, 0.717) is 18.6 Å². The third kappa shape index (κ3) is 22.1. The first kappa shape index (κ1) is 40.9. The Morgan fingerprint density at radius 2 is 1.21 bits per heavy atom. The van der Waals surface area contributed by atoms with E-state index in [9.17, 15) is 9.59 Å². The summed E-state index contributed by atoms with van der Waals surface area (Å²) >= 11 is 0.